The number of aryl methyl sites for hydroxylation is 1. The smallest absolute Gasteiger partial charge is 0.320 e. The Morgan fingerprint density at radius 2 is 2.22 bits per heavy atom. The molecule has 0 aliphatic carbocycles. The van der Waals surface area contributed by atoms with Gasteiger partial charge in [0.15, 0.2) is 0 Å². The van der Waals surface area contributed by atoms with Crippen LogP contribution in [-0.4, -0.2) is 47.6 Å². The molecule has 3 rings (SSSR count). The van der Waals surface area contributed by atoms with Gasteiger partial charge < -0.3 is 10.1 Å². The number of urea groups is 1. The molecular weight excluding hydrogens is 362 g/mol. The van der Waals surface area contributed by atoms with Crippen molar-refractivity contribution in [3.63, 3.8) is 0 Å². The lowest BCUT2D eigenvalue weighted by atomic mass is 9.98. The molecule has 2 aromatic rings. The summed E-state index contributed by atoms with van der Waals surface area (Å²) in [7, 11) is 0. The maximum Gasteiger partial charge on any atom is 0.320 e. The number of nitriles is 1. The van der Waals surface area contributed by atoms with Gasteiger partial charge in [-0.1, -0.05) is 37.3 Å². The van der Waals surface area contributed by atoms with Crippen LogP contribution in [0.2, 0.25) is 0 Å². The number of benzene rings is 1. The second kappa shape index (κ2) is 8.95. The summed E-state index contributed by atoms with van der Waals surface area (Å²) in [6.07, 6.45) is -0.148. The van der Waals surface area contributed by atoms with Crippen molar-refractivity contribution in [1.82, 2.24) is 14.6 Å². The highest BCUT2D eigenvalue weighted by atomic mass is 32.1. The molecule has 2 heterocycles. The number of hydrogen-bond donors (Lipinski definition) is 2. The molecule has 1 aliphatic heterocycles. The number of morpholine rings is 1. The number of nitrogens with zero attached hydrogens (tertiary/aromatic N) is 3. The Bertz CT molecular complexity index is 817. The summed E-state index contributed by atoms with van der Waals surface area (Å²) in [5.74, 6) is 0. The average Bonchev–Trinajstić information content (AvgIpc) is 3.05. The second-order valence-electron chi connectivity index (χ2n) is 6.31. The van der Waals surface area contributed by atoms with E-state index in [0.717, 1.165) is 24.6 Å². The molecule has 1 saturated heterocycles. The molecule has 142 valence electrons. The SMILES string of the molecule is CCN1CCO[C@@H](CNC(=O)Nc2snc(C)c2C#N)[C@@H]1c1ccccc1. The molecule has 1 aromatic carbocycles. The van der Waals surface area contributed by atoms with Crippen LogP contribution in [0.5, 0.6) is 0 Å². The molecule has 0 spiro atoms. The fourth-order valence-electron chi connectivity index (χ4n) is 3.32. The van der Waals surface area contributed by atoms with Crippen molar-refractivity contribution in [2.24, 2.45) is 0 Å². The van der Waals surface area contributed by atoms with Crippen LogP contribution in [0.3, 0.4) is 0 Å². The predicted octanol–water partition coefficient (Wildman–Crippen LogP) is 2.91. The predicted molar refractivity (Wildman–Crippen MR) is 105 cm³/mol. The Kier molecular flexibility index (Phi) is 6.40. The highest BCUT2D eigenvalue weighted by molar-refractivity contribution is 7.10. The lowest BCUT2D eigenvalue weighted by Crippen LogP contribution is -2.50. The summed E-state index contributed by atoms with van der Waals surface area (Å²) in [5, 5.41) is 15.2. The van der Waals surface area contributed by atoms with E-state index in [1.165, 1.54) is 5.56 Å². The minimum absolute atomic E-state index is 0.0885. The van der Waals surface area contributed by atoms with Crippen LogP contribution in [0.25, 0.3) is 0 Å². The van der Waals surface area contributed by atoms with E-state index in [1.54, 1.807) is 6.92 Å². The molecule has 0 bridgehead atoms. The van der Waals surface area contributed by atoms with E-state index in [2.05, 4.69) is 45.0 Å². The van der Waals surface area contributed by atoms with Gasteiger partial charge >= 0.3 is 6.03 Å². The minimum Gasteiger partial charge on any atom is -0.373 e. The van der Waals surface area contributed by atoms with Gasteiger partial charge in [-0.25, -0.2) is 4.79 Å². The van der Waals surface area contributed by atoms with E-state index in [0.29, 0.717) is 29.4 Å². The van der Waals surface area contributed by atoms with Crippen LogP contribution in [0.1, 0.15) is 29.8 Å². The van der Waals surface area contributed by atoms with Gasteiger partial charge in [-0.15, -0.1) is 0 Å². The number of carbonyl (C=O) groups is 1. The third-order valence-corrected chi connectivity index (χ3v) is 5.52. The first-order valence-corrected chi connectivity index (χ1v) is 9.73. The van der Waals surface area contributed by atoms with E-state index in [1.807, 2.05) is 18.2 Å². The first-order chi connectivity index (χ1) is 13.1. The first-order valence-electron chi connectivity index (χ1n) is 8.95. The zero-order valence-corrected chi connectivity index (χ0v) is 16.3. The van der Waals surface area contributed by atoms with Gasteiger partial charge in [0.1, 0.15) is 16.6 Å². The molecule has 1 aromatic heterocycles. The number of aromatic nitrogens is 1. The third kappa shape index (κ3) is 4.45. The number of likely N-dealkylation sites (N-methyl/N-ethyl adjacent to an activating group) is 1. The van der Waals surface area contributed by atoms with Crippen molar-refractivity contribution >= 4 is 22.6 Å². The van der Waals surface area contributed by atoms with Crippen LogP contribution >= 0.6 is 11.5 Å². The molecule has 2 amide bonds. The Hall–Kier alpha value is -2.47. The summed E-state index contributed by atoms with van der Waals surface area (Å²) >= 11 is 1.11. The fraction of sp³-hybridized carbons (Fsp3) is 0.421. The maximum absolute atomic E-state index is 12.3. The van der Waals surface area contributed by atoms with Crippen molar-refractivity contribution in [2.45, 2.75) is 26.0 Å². The van der Waals surface area contributed by atoms with Gasteiger partial charge in [0.2, 0.25) is 0 Å². The highest BCUT2D eigenvalue weighted by Gasteiger charge is 2.32. The van der Waals surface area contributed by atoms with E-state index in [9.17, 15) is 10.1 Å². The number of rotatable bonds is 5. The minimum atomic E-state index is -0.362. The van der Waals surface area contributed by atoms with Gasteiger partial charge in [-0.05, 0) is 30.6 Å². The van der Waals surface area contributed by atoms with E-state index >= 15 is 0 Å². The molecule has 1 aliphatic rings. The van der Waals surface area contributed by atoms with Gasteiger partial charge in [0.25, 0.3) is 0 Å². The second-order valence-corrected chi connectivity index (χ2v) is 7.09. The van der Waals surface area contributed by atoms with Crippen molar-refractivity contribution in [2.75, 3.05) is 31.6 Å². The molecule has 0 radical (unpaired) electrons. The summed E-state index contributed by atoms with van der Waals surface area (Å²) < 4.78 is 10.1. The van der Waals surface area contributed by atoms with Gasteiger partial charge in [-0.2, -0.15) is 9.64 Å². The van der Waals surface area contributed by atoms with Crippen LogP contribution in [0.4, 0.5) is 9.80 Å². The Labute approximate surface area is 163 Å². The van der Waals surface area contributed by atoms with Crippen LogP contribution in [0.15, 0.2) is 30.3 Å². The number of ether oxygens (including phenoxy) is 1. The van der Waals surface area contributed by atoms with E-state index < -0.39 is 0 Å². The molecule has 0 unspecified atom stereocenters. The van der Waals surface area contributed by atoms with Crippen molar-refractivity contribution < 1.29 is 9.53 Å². The summed E-state index contributed by atoms with van der Waals surface area (Å²) in [5.41, 5.74) is 2.20. The maximum atomic E-state index is 12.3. The monoisotopic (exact) mass is 385 g/mol. The fourth-order valence-corrected chi connectivity index (χ4v) is 4.06. The standard InChI is InChI=1S/C19H23N5O2S/c1-3-24-9-10-26-16(17(24)14-7-5-4-6-8-14)12-21-19(25)22-18-15(11-20)13(2)23-27-18/h4-8,16-17H,3,9-10,12H2,1-2H3,(H2,21,22,25)/t16-,17-/m0/s1. The quantitative estimate of drug-likeness (QED) is 0.826. The first kappa shape index (κ1) is 19.3. The van der Waals surface area contributed by atoms with E-state index in [-0.39, 0.29) is 18.2 Å². The normalized spacial score (nSPS) is 20.0. The number of amides is 2. The van der Waals surface area contributed by atoms with Gasteiger partial charge in [0, 0.05) is 13.1 Å². The Morgan fingerprint density at radius 1 is 1.44 bits per heavy atom. The van der Waals surface area contributed by atoms with Gasteiger partial charge in [-0.3, -0.25) is 10.2 Å². The number of nitrogens with one attached hydrogen (secondary N) is 2. The van der Waals surface area contributed by atoms with Crippen LogP contribution in [0, 0.1) is 18.3 Å². The molecule has 2 N–H and O–H groups in total. The summed E-state index contributed by atoms with van der Waals surface area (Å²) in [6, 6.07) is 12.0. The number of hydrogen-bond acceptors (Lipinski definition) is 6. The lowest BCUT2D eigenvalue weighted by molar-refractivity contribution is -0.0680. The van der Waals surface area contributed by atoms with Crippen molar-refractivity contribution in [1.29, 1.82) is 5.26 Å². The molecule has 27 heavy (non-hydrogen) atoms. The number of anilines is 1. The zero-order valence-electron chi connectivity index (χ0n) is 15.4. The average molecular weight is 385 g/mol. The molecule has 7 nitrogen and oxygen atoms in total. The molecular formula is C19H23N5O2S. The Morgan fingerprint density at radius 3 is 2.93 bits per heavy atom. The molecule has 8 heteroatoms. The summed E-state index contributed by atoms with van der Waals surface area (Å²) in [4.78, 5) is 14.7. The van der Waals surface area contributed by atoms with E-state index in [4.69, 9.17) is 4.74 Å². The van der Waals surface area contributed by atoms with Gasteiger partial charge in [0.05, 0.1) is 24.4 Å². The zero-order chi connectivity index (χ0) is 19.2. The largest absolute Gasteiger partial charge is 0.373 e. The molecule has 1 fully saturated rings. The Balaban J connectivity index is 1.66. The lowest BCUT2D eigenvalue weighted by Gasteiger charge is -2.41. The molecule has 2 atom stereocenters. The van der Waals surface area contributed by atoms with Crippen LogP contribution < -0.4 is 10.6 Å². The highest BCUT2D eigenvalue weighted by Crippen LogP contribution is 2.29. The molecule has 0 saturated carbocycles. The van der Waals surface area contributed by atoms with Crippen molar-refractivity contribution in [3.05, 3.63) is 47.2 Å². The van der Waals surface area contributed by atoms with Crippen molar-refractivity contribution in [3.8, 4) is 6.07 Å². The number of carbonyl (C=O) groups excluding carboxylic acids is 1. The topological polar surface area (TPSA) is 90.3 Å². The van der Waals surface area contributed by atoms with Crippen LogP contribution in [-0.2, 0) is 4.74 Å². The third-order valence-electron chi connectivity index (χ3n) is 4.67. The summed E-state index contributed by atoms with van der Waals surface area (Å²) in [6.45, 7) is 6.67.